The highest BCUT2D eigenvalue weighted by molar-refractivity contribution is 5.93. The first-order valence-electron chi connectivity index (χ1n) is 11.0. The van der Waals surface area contributed by atoms with Crippen molar-refractivity contribution >= 4 is 11.8 Å². The Hall–Kier alpha value is -1.99. The molecule has 1 N–H and O–H groups in total. The van der Waals surface area contributed by atoms with Gasteiger partial charge in [-0.05, 0) is 50.7 Å². The van der Waals surface area contributed by atoms with Gasteiger partial charge in [0.25, 0.3) is 5.91 Å². The largest absolute Gasteiger partial charge is 0.381 e. The number of likely N-dealkylation sites (tertiary alicyclic amines) is 1. The van der Waals surface area contributed by atoms with Gasteiger partial charge >= 0.3 is 0 Å². The Kier molecular flexibility index (Phi) is 6.77. The van der Waals surface area contributed by atoms with Crippen molar-refractivity contribution in [3.05, 3.63) is 30.1 Å². The summed E-state index contributed by atoms with van der Waals surface area (Å²) in [4.78, 5) is 33.4. The van der Waals surface area contributed by atoms with Gasteiger partial charge in [0.2, 0.25) is 5.91 Å². The molecule has 7 nitrogen and oxygen atoms in total. The summed E-state index contributed by atoms with van der Waals surface area (Å²) in [5.41, 5.74) is 0.594. The first kappa shape index (κ1) is 20.3. The summed E-state index contributed by atoms with van der Waals surface area (Å²) in [7, 11) is 0. The normalized spacial score (nSPS) is 21.3. The van der Waals surface area contributed by atoms with Gasteiger partial charge in [0.15, 0.2) is 0 Å². The van der Waals surface area contributed by atoms with E-state index in [0.717, 1.165) is 71.4 Å². The van der Waals surface area contributed by atoms with Gasteiger partial charge in [-0.1, -0.05) is 0 Å². The minimum absolute atomic E-state index is 0.0742. The van der Waals surface area contributed by atoms with Gasteiger partial charge < -0.3 is 15.0 Å². The number of carbonyl (C=O) groups excluding carboxylic acids is 2. The molecule has 1 aromatic heterocycles. The van der Waals surface area contributed by atoms with Crippen LogP contribution < -0.4 is 5.32 Å². The highest BCUT2D eigenvalue weighted by Gasteiger charge is 2.37. The van der Waals surface area contributed by atoms with Crippen molar-refractivity contribution < 1.29 is 14.3 Å². The van der Waals surface area contributed by atoms with Gasteiger partial charge in [0, 0.05) is 69.8 Å². The molecule has 29 heavy (non-hydrogen) atoms. The van der Waals surface area contributed by atoms with Gasteiger partial charge in [0.05, 0.1) is 5.56 Å². The van der Waals surface area contributed by atoms with E-state index in [-0.39, 0.29) is 5.91 Å². The fraction of sp³-hybridized carbons (Fsp3) is 0.682. The Morgan fingerprint density at radius 3 is 2.48 bits per heavy atom. The summed E-state index contributed by atoms with van der Waals surface area (Å²) in [6.45, 7) is 4.79. The zero-order valence-corrected chi connectivity index (χ0v) is 17.1. The predicted molar refractivity (Wildman–Crippen MR) is 109 cm³/mol. The van der Waals surface area contributed by atoms with Crippen molar-refractivity contribution in [3.8, 4) is 0 Å². The third-order valence-corrected chi connectivity index (χ3v) is 6.41. The molecular formula is C22H32N4O3. The first-order valence-corrected chi connectivity index (χ1v) is 11.0. The van der Waals surface area contributed by atoms with Crippen LogP contribution in [0.25, 0.3) is 0 Å². The molecule has 0 aromatic carbocycles. The summed E-state index contributed by atoms with van der Waals surface area (Å²) in [5.74, 6) is 0.598. The number of hydrogen-bond donors (Lipinski definition) is 1. The molecule has 7 heteroatoms. The zero-order chi connectivity index (χ0) is 20.1. The first-order chi connectivity index (χ1) is 14.2. The Morgan fingerprint density at radius 1 is 1.10 bits per heavy atom. The lowest BCUT2D eigenvalue weighted by atomic mass is 9.97. The number of ether oxygens (including phenoxy) is 1. The van der Waals surface area contributed by atoms with E-state index < -0.39 is 0 Å². The quantitative estimate of drug-likeness (QED) is 0.754. The van der Waals surface area contributed by atoms with E-state index in [2.05, 4.69) is 20.1 Å². The van der Waals surface area contributed by atoms with Crippen LogP contribution in [0.2, 0.25) is 0 Å². The van der Waals surface area contributed by atoms with Crippen LogP contribution in [0.3, 0.4) is 0 Å². The summed E-state index contributed by atoms with van der Waals surface area (Å²) >= 11 is 0. The lowest BCUT2D eigenvalue weighted by Gasteiger charge is -2.43. The van der Waals surface area contributed by atoms with Crippen molar-refractivity contribution in [2.24, 2.45) is 5.92 Å². The fourth-order valence-electron chi connectivity index (χ4n) is 4.58. The summed E-state index contributed by atoms with van der Waals surface area (Å²) in [6, 6.07) is 4.52. The van der Waals surface area contributed by atoms with Crippen molar-refractivity contribution in [3.63, 3.8) is 0 Å². The number of hydrogen-bond acceptors (Lipinski definition) is 5. The van der Waals surface area contributed by atoms with Crippen LogP contribution in [0.5, 0.6) is 0 Å². The Bertz CT molecular complexity index is 681. The highest BCUT2D eigenvalue weighted by atomic mass is 16.5. The minimum atomic E-state index is -0.0742. The van der Waals surface area contributed by atoms with E-state index in [1.165, 1.54) is 0 Å². The molecule has 3 fully saturated rings. The molecule has 2 saturated heterocycles. The maximum atomic E-state index is 12.4. The van der Waals surface area contributed by atoms with E-state index >= 15 is 0 Å². The molecule has 0 unspecified atom stereocenters. The van der Waals surface area contributed by atoms with Crippen LogP contribution in [-0.2, 0) is 9.53 Å². The van der Waals surface area contributed by atoms with Gasteiger partial charge in [-0.15, -0.1) is 0 Å². The molecule has 0 bridgehead atoms. The number of amides is 2. The maximum Gasteiger partial charge on any atom is 0.252 e. The van der Waals surface area contributed by atoms with Crippen molar-refractivity contribution in [1.82, 2.24) is 20.1 Å². The average molecular weight is 401 g/mol. The van der Waals surface area contributed by atoms with Crippen molar-refractivity contribution in [1.29, 1.82) is 0 Å². The SMILES string of the molecule is O=C(NCCN(C1CCOCC1)C1CCN(C(=O)C2CC2)CC1)c1cccnc1. The lowest BCUT2D eigenvalue weighted by molar-refractivity contribution is -0.134. The number of rotatable bonds is 7. The molecular weight excluding hydrogens is 368 g/mol. The summed E-state index contributed by atoms with van der Waals surface area (Å²) in [6.07, 6.45) is 9.53. The topological polar surface area (TPSA) is 74.8 Å². The van der Waals surface area contributed by atoms with Crippen LogP contribution >= 0.6 is 0 Å². The van der Waals surface area contributed by atoms with Gasteiger partial charge in [-0.2, -0.15) is 0 Å². The van der Waals surface area contributed by atoms with Crippen LogP contribution in [-0.4, -0.2) is 78.1 Å². The number of nitrogens with one attached hydrogen (secondary N) is 1. The van der Waals surface area contributed by atoms with Crippen LogP contribution in [0.15, 0.2) is 24.5 Å². The van der Waals surface area contributed by atoms with Crippen LogP contribution in [0, 0.1) is 5.92 Å². The monoisotopic (exact) mass is 400 g/mol. The van der Waals surface area contributed by atoms with Gasteiger partial charge in [0.1, 0.15) is 0 Å². The Balaban J connectivity index is 1.31. The lowest BCUT2D eigenvalue weighted by Crippen LogP contribution is -2.53. The highest BCUT2D eigenvalue weighted by Crippen LogP contribution is 2.32. The molecule has 2 aliphatic heterocycles. The number of piperidine rings is 1. The van der Waals surface area contributed by atoms with E-state index in [1.807, 2.05) is 0 Å². The molecule has 3 aliphatic rings. The van der Waals surface area contributed by atoms with Crippen molar-refractivity contribution in [2.45, 2.75) is 50.6 Å². The molecule has 158 valence electrons. The molecule has 0 radical (unpaired) electrons. The Morgan fingerprint density at radius 2 is 1.83 bits per heavy atom. The second kappa shape index (κ2) is 9.67. The molecule has 0 spiro atoms. The van der Waals surface area contributed by atoms with E-state index in [4.69, 9.17) is 4.74 Å². The van der Waals surface area contributed by atoms with E-state index in [0.29, 0.717) is 36.0 Å². The molecule has 1 aromatic rings. The van der Waals surface area contributed by atoms with E-state index in [9.17, 15) is 9.59 Å². The molecule has 1 aliphatic carbocycles. The van der Waals surface area contributed by atoms with Crippen LogP contribution in [0.1, 0.15) is 48.9 Å². The average Bonchev–Trinajstić information content (AvgIpc) is 3.63. The van der Waals surface area contributed by atoms with Gasteiger partial charge in [-0.25, -0.2) is 0 Å². The standard InChI is InChI=1S/C22H32N4O3/c27-21(18-2-1-9-23-16-18)24-10-13-26(20-7-14-29-15-8-20)19-5-11-25(12-6-19)22(28)17-3-4-17/h1-2,9,16-17,19-20H,3-8,10-15H2,(H,24,27). The Labute approximate surface area is 172 Å². The third kappa shape index (κ3) is 5.34. The van der Waals surface area contributed by atoms with Gasteiger partial charge in [-0.3, -0.25) is 19.5 Å². The molecule has 1 saturated carbocycles. The summed E-state index contributed by atoms with van der Waals surface area (Å²) in [5, 5.41) is 3.04. The molecule has 0 atom stereocenters. The fourth-order valence-corrected chi connectivity index (χ4v) is 4.58. The smallest absolute Gasteiger partial charge is 0.252 e. The predicted octanol–water partition coefficient (Wildman–Crippen LogP) is 1.69. The van der Waals surface area contributed by atoms with E-state index in [1.54, 1.807) is 24.5 Å². The maximum absolute atomic E-state index is 12.4. The number of nitrogens with zero attached hydrogens (tertiary/aromatic N) is 3. The summed E-state index contributed by atoms with van der Waals surface area (Å²) < 4.78 is 5.56. The second-order valence-electron chi connectivity index (χ2n) is 8.41. The third-order valence-electron chi connectivity index (χ3n) is 6.41. The molecule has 4 rings (SSSR count). The molecule has 2 amide bonds. The number of pyridine rings is 1. The van der Waals surface area contributed by atoms with Crippen molar-refractivity contribution in [2.75, 3.05) is 39.4 Å². The second-order valence-corrected chi connectivity index (χ2v) is 8.41. The zero-order valence-electron chi connectivity index (χ0n) is 17.1. The molecule has 3 heterocycles. The number of carbonyl (C=O) groups is 2. The van der Waals surface area contributed by atoms with Crippen LogP contribution in [0.4, 0.5) is 0 Å². The number of aromatic nitrogens is 1. The minimum Gasteiger partial charge on any atom is -0.381 e.